The maximum absolute atomic E-state index is 15.1. The first-order valence-electron chi connectivity index (χ1n) is 23.6. The number of hydrogen-bond donors (Lipinski definition) is 2. The first-order chi connectivity index (χ1) is 29.8. The molecule has 3 heterocycles. The molecule has 2 saturated carbocycles. The average Bonchev–Trinajstić information content (AvgIpc) is 3.85. The van der Waals surface area contributed by atoms with E-state index in [2.05, 4.69) is 56.4 Å². The second kappa shape index (κ2) is 20.9. The molecule has 13 heteroatoms. The molecule has 5 fully saturated rings. The number of Topliss-reactive ketones (excluding diaryl/α,β-unsaturated/α-hetero) is 1. The van der Waals surface area contributed by atoms with E-state index in [4.69, 9.17) is 37.9 Å². The summed E-state index contributed by atoms with van der Waals surface area (Å²) in [6, 6.07) is 10.1. The number of carbonyl (C=O) groups is 2. The molecule has 0 aromatic heterocycles. The molecule has 3 saturated heterocycles. The molecule has 0 amide bonds. The Morgan fingerprint density at radius 3 is 2.24 bits per heavy atom. The van der Waals surface area contributed by atoms with E-state index in [0.717, 1.165) is 24.8 Å². The van der Waals surface area contributed by atoms with Crippen LogP contribution in [0.1, 0.15) is 104 Å². The molecule has 62 heavy (non-hydrogen) atoms. The van der Waals surface area contributed by atoms with Gasteiger partial charge in [-0.3, -0.25) is 9.59 Å². The Morgan fingerprint density at radius 2 is 1.58 bits per heavy atom. The third-order valence-corrected chi connectivity index (χ3v) is 15.6. The molecule has 1 aromatic rings. The number of nitrogens with one attached hydrogen (secondary N) is 1. The van der Waals surface area contributed by atoms with Crippen LogP contribution in [0.25, 0.3) is 0 Å². The number of aliphatic hydroxyl groups excluding tert-OH is 1. The summed E-state index contributed by atoms with van der Waals surface area (Å²) in [4.78, 5) is 31.3. The van der Waals surface area contributed by atoms with Gasteiger partial charge in [-0.2, -0.15) is 0 Å². The first kappa shape index (κ1) is 47.7. The lowest BCUT2D eigenvalue weighted by Gasteiger charge is -2.48. The summed E-state index contributed by atoms with van der Waals surface area (Å²) >= 11 is 0. The second-order valence-electron chi connectivity index (χ2n) is 19.4. The quantitative estimate of drug-likeness (QED) is 0.237. The zero-order valence-electron chi connectivity index (χ0n) is 38.9. The summed E-state index contributed by atoms with van der Waals surface area (Å²) in [5.41, 5.74) is 1.73. The number of esters is 1. The molecule has 7 rings (SSSR count). The van der Waals surface area contributed by atoms with Gasteiger partial charge in [-0.15, -0.1) is 0 Å². The van der Waals surface area contributed by atoms with Crippen LogP contribution in [0.2, 0.25) is 0 Å². The number of methoxy groups -OCH3 is 3. The van der Waals surface area contributed by atoms with Gasteiger partial charge in [-0.1, -0.05) is 50.3 Å². The molecule has 0 radical (unpaired) electrons. The number of likely N-dealkylation sites (N-methyl/N-ethyl adjacent to an activating group) is 1. The number of ketones is 1. The molecule has 0 bridgehead atoms. The number of benzene rings is 1. The van der Waals surface area contributed by atoms with Crippen molar-refractivity contribution >= 4 is 11.8 Å². The van der Waals surface area contributed by atoms with E-state index in [9.17, 15) is 9.90 Å². The number of carbonyl (C=O) groups excluding carboxylic acids is 2. The standard InChI is InChI=1S/C49H76N2O11/c1-11-31-18-15-19-39(62-41-21-20-38(51(6)7)28(4)58-41)26(2)44(53)37-24-34-33-22-32(61-49-48(57-10)47(56-9)46(55-8)29(5)59-49)23-36(33)43(50-27(3)30-16-13-12-14-17-30)45(54)42(34)35(37)25-40(52)60-31/h12-14,16-17,24,26-29,31-36,38-39,41-43,45-50,54H,11,15,18-23,25H2,1-10H3/t26-,27-,28?,29?,31+,32+,33+,34+,35-,36-,38+,39+,41+,42-,43+,45+,46+,47-,48?,49+/m1/s1. The summed E-state index contributed by atoms with van der Waals surface area (Å²) in [5.74, 6) is -1.84. The fraction of sp³-hybridized carbons (Fsp3) is 0.796. The predicted molar refractivity (Wildman–Crippen MR) is 233 cm³/mol. The van der Waals surface area contributed by atoms with E-state index in [-0.39, 0.29) is 90.6 Å². The van der Waals surface area contributed by atoms with Gasteiger partial charge in [0.15, 0.2) is 18.4 Å². The first-order valence-corrected chi connectivity index (χ1v) is 23.6. The number of cyclic esters (lactones) is 1. The Bertz CT molecular complexity index is 1660. The lowest BCUT2D eigenvalue weighted by Crippen LogP contribution is -2.59. The van der Waals surface area contributed by atoms with Crippen molar-refractivity contribution in [3.63, 3.8) is 0 Å². The number of hydrogen-bond acceptors (Lipinski definition) is 13. The topological polar surface area (TPSA) is 143 Å². The normalized spacial score (nSPS) is 43.4. The zero-order chi connectivity index (χ0) is 44.4. The van der Waals surface area contributed by atoms with Crippen LogP contribution in [0.3, 0.4) is 0 Å². The van der Waals surface area contributed by atoms with Crippen LogP contribution in [0.4, 0.5) is 0 Å². The largest absolute Gasteiger partial charge is 0.462 e. The summed E-state index contributed by atoms with van der Waals surface area (Å²) in [6.45, 7) is 10.2. The Hall–Kier alpha value is -2.30. The van der Waals surface area contributed by atoms with Crippen molar-refractivity contribution in [3.8, 4) is 0 Å². The van der Waals surface area contributed by atoms with Crippen molar-refractivity contribution in [2.45, 2.75) is 178 Å². The van der Waals surface area contributed by atoms with Crippen LogP contribution >= 0.6 is 0 Å². The highest BCUT2D eigenvalue weighted by atomic mass is 16.7. The molecule has 3 aliphatic carbocycles. The van der Waals surface area contributed by atoms with Gasteiger partial charge in [0.25, 0.3) is 0 Å². The van der Waals surface area contributed by atoms with Gasteiger partial charge >= 0.3 is 5.97 Å². The minimum Gasteiger partial charge on any atom is -0.462 e. The van der Waals surface area contributed by atoms with E-state index < -0.39 is 42.7 Å². The molecule has 348 valence electrons. The summed E-state index contributed by atoms with van der Waals surface area (Å²) < 4.78 is 50.4. The summed E-state index contributed by atoms with van der Waals surface area (Å²) in [7, 11) is 9.09. The van der Waals surface area contributed by atoms with Gasteiger partial charge in [0, 0.05) is 57.2 Å². The van der Waals surface area contributed by atoms with Crippen molar-refractivity contribution in [1.82, 2.24) is 10.2 Å². The molecule has 13 nitrogen and oxygen atoms in total. The minimum atomic E-state index is -0.859. The number of ether oxygens (including phenoxy) is 8. The van der Waals surface area contributed by atoms with Crippen LogP contribution in [-0.4, -0.2) is 137 Å². The van der Waals surface area contributed by atoms with Crippen LogP contribution in [0.5, 0.6) is 0 Å². The van der Waals surface area contributed by atoms with Gasteiger partial charge < -0.3 is 53.2 Å². The van der Waals surface area contributed by atoms with E-state index in [0.29, 0.717) is 43.7 Å². The fourth-order valence-electron chi connectivity index (χ4n) is 12.4. The third kappa shape index (κ3) is 9.93. The Morgan fingerprint density at radius 1 is 0.871 bits per heavy atom. The van der Waals surface area contributed by atoms with Gasteiger partial charge in [0.1, 0.15) is 24.4 Å². The van der Waals surface area contributed by atoms with E-state index >= 15 is 4.79 Å². The molecular weight excluding hydrogens is 793 g/mol. The molecular formula is C49H76N2O11. The lowest BCUT2D eigenvalue weighted by atomic mass is 9.62. The van der Waals surface area contributed by atoms with Crippen molar-refractivity contribution < 1.29 is 52.6 Å². The predicted octanol–water partition coefficient (Wildman–Crippen LogP) is 6.01. The number of fused-ring (bicyclic) bond motifs is 5. The molecule has 6 aliphatic rings. The highest BCUT2D eigenvalue weighted by Crippen LogP contribution is 2.57. The second-order valence-corrected chi connectivity index (χ2v) is 19.4. The maximum Gasteiger partial charge on any atom is 0.306 e. The maximum atomic E-state index is 15.1. The summed E-state index contributed by atoms with van der Waals surface area (Å²) in [5, 5.41) is 16.7. The van der Waals surface area contributed by atoms with E-state index in [1.54, 1.807) is 21.3 Å². The van der Waals surface area contributed by atoms with Gasteiger partial charge in [0.2, 0.25) is 0 Å². The van der Waals surface area contributed by atoms with Gasteiger partial charge in [0.05, 0.1) is 36.9 Å². The Balaban J connectivity index is 1.20. The van der Waals surface area contributed by atoms with Crippen molar-refractivity contribution in [1.29, 1.82) is 0 Å². The molecule has 1 aromatic carbocycles. The zero-order valence-corrected chi connectivity index (χ0v) is 38.9. The number of aliphatic hydroxyl groups is 1. The molecule has 3 aliphatic heterocycles. The molecule has 20 atom stereocenters. The van der Waals surface area contributed by atoms with Crippen LogP contribution < -0.4 is 5.32 Å². The highest BCUT2D eigenvalue weighted by molar-refractivity contribution is 5.99. The molecule has 2 N–H and O–H groups in total. The van der Waals surface area contributed by atoms with E-state index in [1.165, 1.54) is 0 Å². The van der Waals surface area contributed by atoms with Gasteiger partial charge in [-0.05, 0) is 115 Å². The molecule has 0 spiro atoms. The van der Waals surface area contributed by atoms with Crippen LogP contribution in [-0.2, 0) is 47.5 Å². The van der Waals surface area contributed by atoms with E-state index in [1.807, 2.05) is 39.0 Å². The fourth-order valence-corrected chi connectivity index (χ4v) is 12.4. The molecule has 3 unspecified atom stereocenters. The Kier molecular flexibility index (Phi) is 16.1. The number of nitrogens with zero attached hydrogens (tertiary/aromatic N) is 1. The third-order valence-electron chi connectivity index (χ3n) is 15.6. The lowest BCUT2D eigenvalue weighted by molar-refractivity contribution is -0.314. The van der Waals surface area contributed by atoms with Gasteiger partial charge in [-0.25, -0.2) is 0 Å². The van der Waals surface area contributed by atoms with Crippen molar-refractivity contribution in [2.24, 2.45) is 35.5 Å². The van der Waals surface area contributed by atoms with Crippen molar-refractivity contribution in [2.75, 3.05) is 35.4 Å². The van der Waals surface area contributed by atoms with Crippen LogP contribution in [0.15, 0.2) is 42.0 Å². The Labute approximate surface area is 370 Å². The number of rotatable bonds is 12. The highest BCUT2D eigenvalue weighted by Gasteiger charge is 2.60. The minimum absolute atomic E-state index is 0.00385. The van der Waals surface area contributed by atoms with Crippen LogP contribution in [0, 0.1) is 35.5 Å². The monoisotopic (exact) mass is 869 g/mol. The number of allylic oxidation sites excluding steroid dienone is 2. The van der Waals surface area contributed by atoms with Crippen molar-refractivity contribution in [3.05, 3.63) is 47.5 Å². The SMILES string of the molecule is CC[C@H]1CCC[C@H](O[C@H]2CC[C@H](N(C)C)C(C)O2)[C@@H](C)C(=O)C2=C[C@H]3[C@@H]4C[C@H](O[C@@H]5OC(C)[C@H](OC)[C@@H](OC)C5OC)C[C@H]4[C@H](N[C@H](C)c4ccccc4)[C@@H](O)[C@H]3[C@@H]2CC(=O)O1. The summed E-state index contributed by atoms with van der Waals surface area (Å²) in [6.07, 6.45) is 3.62. The average molecular weight is 869 g/mol. The smallest absolute Gasteiger partial charge is 0.306 e.